The average Bonchev–Trinajstić information content (AvgIpc) is 2.54. The van der Waals surface area contributed by atoms with E-state index < -0.39 is 0 Å². The first-order chi connectivity index (χ1) is 11.1. The lowest BCUT2D eigenvalue weighted by Crippen LogP contribution is -2.48. The zero-order chi connectivity index (χ0) is 16.4. The van der Waals surface area contributed by atoms with E-state index in [2.05, 4.69) is 5.32 Å². The molecule has 3 atom stereocenters. The molecule has 0 bridgehead atoms. The Morgan fingerprint density at radius 1 is 1.30 bits per heavy atom. The van der Waals surface area contributed by atoms with Crippen LogP contribution in [0.5, 0.6) is 0 Å². The van der Waals surface area contributed by atoms with Crippen LogP contribution < -0.4 is 11.1 Å². The highest BCUT2D eigenvalue weighted by atomic mass is 16.5. The molecule has 1 aliphatic heterocycles. The van der Waals surface area contributed by atoms with Gasteiger partial charge in [-0.2, -0.15) is 0 Å². The van der Waals surface area contributed by atoms with Gasteiger partial charge in [-0.05, 0) is 36.5 Å². The second-order valence-electron chi connectivity index (χ2n) is 6.57. The van der Waals surface area contributed by atoms with Gasteiger partial charge < -0.3 is 15.8 Å². The number of anilines is 1. The van der Waals surface area contributed by atoms with E-state index in [1.165, 1.54) is 0 Å². The van der Waals surface area contributed by atoms with E-state index in [1.807, 2.05) is 18.2 Å². The third kappa shape index (κ3) is 3.16. The van der Waals surface area contributed by atoms with E-state index in [-0.39, 0.29) is 29.4 Å². The van der Waals surface area contributed by atoms with Gasteiger partial charge in [0.25, 0.3) is 0 Å². The van der Waals surface area contributed by atoms with Gasteiger partial charge in [0.15, 0.2) is 5.78 Å². The number of nitrogens with two attached hydrogens (primary N) is 1. The van der Waals surface area contributed by atoms with E-state index in [0.717, 1.165) is 29.7 Å². The smallest absolute Gasteiger partial charge is 0.170 e. The van der Waals surface area contributed by atoms with E-state index in [9.17, 15) is 9.59 Å². The molecule has 2 aliphatic rings. The number of Topliss-reactive ketones (excluding diaryl/α,β-unsaturated/α-hetero) is 2. The van der Waals surface area contributed by atoms with Crippen LogP contribution in [0.25, 0.3) is 0 Å². The second-order valence-corrected chi connectivity index (χ2v) is 6.57. The Labute approximate surface area is 136 Å². The molecule has 0 spiro atoms. The number of fused-ring (bicyclic) bond motifs is 2. The van der Waals surface area contributed by atoms with Crippen LogP contribution in [-0.4, -0.2) is 31.3 Å². The van der Waals surface area contributed by atoms with Gasteiger partial charge in [0.1, 0.15) is 5.78 Å². The number of benzene rings is 1. The number of ether oxygens (including phenoxy) is 1. The fourth-order valence-electron chi connectivity index (χ4n) is 3.94. The minimum Gasteiger partial charge on any atom is -0.385 e. The summed E-state index contributed by atoms with van der Waals surface area (Å²) in [4.78, 5) is 25.1. The SMILES string of the molecule is COCCCC1CC(=O)C[C@H]2Nc3ccc(CN)cc3C(=O)[C@@H]12. The quantitative estimate of drug-likeness (QED) is 0.813. The summed E-state index contributed by atoms with van der Waals surface area (Å²) in [6.45, 7) is 1.09. The van der Waals surface area contributed by atoms with Crippen LogP contribution in [0.2, 0.25) is 0 Å². The Hall–Kier alpha value is -1.72. The Bertz CT molecular complexity index is 614. The first kappa shape index (κ1) is 16.1. The number of hydrogen-bond donors (Lipinski definition) is 2. The molecule has 1 aromatic rings. The second kappa shape index (κ2) is 6.81. The summed E-state index contributed by atoms with van der Waals surface area (Å²) in [6.07, 6.45) is 2.67. The van der Waals surface area contributed by atoms with Gasteiger partial charge in [0.2, 0.25) is 0 Å². The van der Waals surface area contributed by atoms with Gasteiger partial charge in [-0.1, -0.05) is 6.07 Å². The highest BCUT2D eigenvalue weighted by Gasteiger charge is 2.44. The molecule has 1 fully saturated rings. The number of carbonyl (C=O) groups excluding carboxylic acids is 2. The molecule has 0 amide bonds. The van der Waals surface area contributed by atoms with E-state index in [4.69, 9.17) is 10.5 Å². The lowest BCUT2D eigenvalue weighted by Gasteiger charge is -2.41. The summed E-state index contributed by atoms with van der Waals surface area (Å²) in [7, 11) is 1.67. The fourth-order valence-corrected chi connectivity index (χ4v) is 3.94. The maximum absolute atomic E-state index is 13.0. The molecule has 1 aliphatic carbocycles. The summed E-state index contributed by atoms with van der Waals surface area (Å²) >= 11 is 0. The van der Waals surface area contributed by atoms with Gasteiger partial charge in [0.05, 0.1) is 0 Å². The summed E-state index contributed by atoms with van der Waals surface area (Å²) in [6, 6.07) is 5.65. The first-order valence-electron chi connectivity index (χ1n) is 8.28. The zero-order valence-electron chi connectivity index (χ0n) is 13.5. The zero-order valence-corrected chi connectivity index (χ0v) is 13.5. The number of carbonyl (C=O) groups is 2. The molecule has 5 heteroatoms. The van der Waals surface area contributed by atoms with E-state index in [1.54, 1.807) is 7.11 Å². The largest absolute Gasteiger partial charge is 0.385 e. The summed E-state index contributed by atoms with van der Waals surface area (Å²) in [5.74, 6) is 0.390. The van der Waals surface area contributed by atoms with Gasteiger partial charge in [0, 0.05) is 56.3 Å². The maximum Gasteiger partial charge on any atom is 0.170 e. The van der Waals surface area contributed by atoms with Crippen LogP contribution in [0.1, 0.15) is 41.6 Å². The molecule has 1 saturated carbocycles. The van der Waals surface area contributed by atoms with Crippen LogP contribution in [0.15, 0.2) is 18.2 Å². The molecule has 0 radical (unpaired) electrons. The number of nitrogens with one attached hydrogen (secondary N) is 1. The van der Waals surface area contributed by atoms with Crippen molar-refractivity contribution in [1.29, 1.82) is 0 Å². The number of rotatable bonds is 5. The predicted molar refractivity (Wildman–Crippen MR) is 88.4 cm³/mol. The van der Waals surface area contributed by atoms with Gasteiger partial charge in [-0.15, -0.1) is 0 Å². The standard InChI is InChI=1S/C18H24N2O3/c1-23-6-2-3-12-8-13(21)9-16-17(12)18(22)14-7-11(10-19)4-5-15(14)20-16/h4-5,7,12,16-17,20H,2-3,6,8-10,19H2,1H3/t12?,16-,17+/m1/s1. The van der Waals surface area contributed by atoms with Crippen molar-refractivity contribution in [2.45, 2.75) is 38.3 Å². The van der Waals surface area contributed by atoms with Crippen molar-refractivity contribution in [3.8, 4) is 0 Å². The highest BCUT2D eigenvalue weighted by Crippen LogP contribution is 2.40. The van der Waals surface area contributed by atoms with Crippen LogP contribution in [-0.2, 0) is 16.1 Å². The lowest BCUT2D eigenvalue weighted by molar-refractivity contribution is -0.122. The van der Waals surface area contributed by atoms with Gasteiger partial charge in [-0.3, -0.25) is 9.59 Å². The number of hydrogen-bond acceptors (Lipinski definition) is 5. The Morgan fingerprint density at radius 3 is 2.87 bits per heavy atom. The predicted octanol–water partition coefficient (Wildman–Crippen LogP) is 2.14. The molecular weight excluding hydrogens is 292 g/mol. The van der Waals surface area contributed by atoms with Crippen molar-refractivity contribution in [1.82, 2.24) is 0 Å². The van der Waals surface area contributed by atoms with Crippen LogP contribution in [0.4, 0.5) is 5.69 Å². The molecule has 0 aromatic heterocycles. The minimum atomic E-state index is -0.120. The third-order valence-electron chi connectivity index (χ3n) is 5.03. The van der Waals surface area contributed by atoms with Crippen LogP contribution in [0, 0.1) is 11.8 Å². The maximum atomic E-state index is 13.0. The fraction of sp³-hybridized carbons (Fsp3) is 0.556. The Kier molecular flexibility index (Phi) is 4.78. The van der Waals surface area contributed by atoms with Crippen molar-refractivity contribution < 1.29 is 14.3 Å². The third-order valence-corrected chi connectivity index (χ3v) is 5.03. The molecule has 1 unspecified atom stereocenters. The van der Waals surface area contributed by atoms with Gasteiger partial charge in [-0.25, -0.2) is 0 Å². The van der Waals surface area contributed by atoms with Crippen molar-refractivity contribution in [2.24, 2.45) is 17.6 Å². The molecule has 23 heavy (non-hydrogen) atoms. The van der Waals surface area contributed by atoms with Gasteiger partial charge >= 0.3 is 0 Å². The highest BCUT2D eigenvalue weighted by molar-refractivity contribution is 6.06. The Balaban J connectivity index is 1.88. The molecule has 1 heterocycles. The minimum absolute atomic E-state index is 0.0764. The number of ketones is 2. The topological polar surface area (TPSA) is 81.4 Å². The molecule has 124 valence electrons. The normalized spacial score (nSPS) is 26.4. The van der Waals surface area contributed by atoms with Crippen molar-refractivity contribution in [3.05, 3.63) is 29.3 Å². The number of methoxy groups -OCH3 is 1. The molecule has 3 rings (SSSR count). The lowest BCUT2D eigenvalue weighted by atomic mass is 9.68. The van der Waals surface area contributed by atoms with Crippen molar-refractivity contribution >= 4 is 17.3 Å². The first-order valence-corrected chi connectivity index (χ1v) is 8.28. The molecule has 1 aromatic carbocycles. The van der Waals surface area contributed by atoms with E-state index >= 15 is 0 Å². The van der Waals surface area contributed by atoms with Crippen LogP contribution >= 0.6 is 0 Å². The summed E-state index contributed by atoms with van der Waals surface area (Å²) in [5.41, 5.74) is 8.21. The molecule has 0 saturated heterocycles. The summed E-state index contributed by atoms with van der Waals surface area (Å²) in [5, 5.41) is 3.42. The molecule has 3 N–H and O–H groups in total. The van der Waals surface area contributed by atoms with Crippen molar-refractivity contribution in [3.63, 3.8) is 0 Å². The monoisotopic (exact) mass is 316 g/mol. The average molecular weight is 316 g/mol. The summed E-state index contributed by atoms with van der Waals surface area (Å²) < 4.78 is 5.11. The van der Waals surface area contributed by atoms with E-state index in [0.29, 0.717) is 26.0 Å². The van der Waals surface area contributed by atoms with Crippen LogP contribution in [0.3, 0.4) is 0 Å². The molecular formula is C18H24N2O3. The Morgan fingerprint density at radius 2 is 2.13 bits per heavy atom. The molecule has 5 nitrogen and oxygen atoms in total. The van der Waals surface area contributed by atoms with Crippen molar-refractivity contribution in [2.75, 3.05) is 19.0 Å².